The van der Waals surface area contributed by atoms with Gasteiger partial charge < -0.3 is 4.74 Å². The van der Waals surface area contributed by atoms with Crippen LogP contribution in [0.2, 0.25) is 0 Å². The van der Waals surface area contributed by atoms with Gasteiger partial charge in [-0.05, 0) is 51.0 Å². The lowest BCUT2D eigenvalue weighted by atomic mass is 9.99. The van der Waals surface area contributed by atoms with Crippen LogP contribution in [0.4, 0.5) is 0 Å². The van der Waals surface area contributed by atoms with Gasteiger partial charge in [-0.3, -0.25) is 14.3 Å². The van der Waals surface area contributed by atoms with Crippen LogP contribution in [-0.2, 0) is 16.2 Å². The van der Waals surface area contributed by atoms with Gasteiger partial charge in [-0.2, -0.15) is 5.10 Å². The first-order valence-electron chi connectivity index (χ1n) is 9.18. The zero-order valence-electron chi connectivity index (χ0n) is 15.4. The monoisotopic (exact) mass is 374 g/mol. The molecule has 2 atom stereocenters. The lowest BCUT2D eigenvalue weighted by Crippen LogP contribution is -2.40. The average Bonchev–Trinajstić information content (AvgIpc) is 3.03. The summed E-state index contributed by atoms with van der Waals surface area (Å²) in [6.07, 6.45) is 3.67. The Balaban J connectivity index is 1.68. The van der Waals surface area contributed by atoms with Crippen molar-refractivity contribution in [1.29, 1.82) is 0 Å². The summed E-state index contributed by atoms with van der Waals surface area (Å²) in [4.78, 5) is 14.2. The summed E-state index contributed by atoms with van der Waals surface area (Å²) in [6.45, 7) is 6.64. The molecule has 6 nitrogen and oxygen atoms in total. The lowest BCUT2D eigenvalue weighted by molar-refractivity contribution is -0.150. The van der Waals surface area contributed by atoms with Crippen LogP contribution in [0.3, 0.4) is 0 Å². The fourth-order valence-electron chi connectivity index (χ4n) is 3.43. The second-order valence-corrected chi connectivity index (χ2v) is 7.08. The average molecular weight is 375 g/mol. The highest BCUT2D eigenvalue weighted by Gasteiger charge is 2.27. The number of likely N-dealkylation sites (tertiary alicyclic amines) is 1. The number of esters is 1. The summed E-state index contributed by atoms with van der Waals surface area (Å²) < 4.78 is 9.72. The van der Waals surface area contributed by atoms with E-state index in [0.717, 1.165) is 19.4 Å². The van der Waals surface area contributed by atoms with E-state index in [4.69, 9.17) is 17.0 Å². The lowest BCUT2D eigenvalue weighted by Gasteiger charge is -2.31. The van der Waals surface area contributed by atoms with Crippen LogP contribution < -0.4 is 0 Å². The van der Waals surface area contributed by atoms with Gasteiger partial charge in [-0.1, -0.05) is 30.3 Å². The Hall–Kier alpha value is -1.99. The van der Waals surface area contributed by atoms with Crippen molar-refractivity contribution in [3.63, 3.8) is 0 Å². The maximum absolute atomic E-state index is 12.0. The van der Waals surface area contributed by atoms with Crippen LogP contribution in [0.25, 0.3) is 0 Å². The topological polar surface area (TPSA) is 52.3 Å². The molecule has 1 aliphatic rings. The number of piperidine rings is 1. The zero-order valence-corrected chi connectivity index (χ0v) is 16.2. The van der Waals surface area contributed by atoms with Crippen molar-refractivity contribution >= 4 is 18.2 Å². The fourth-order valence-corrected chi connectivity index (χ4v) is 3.74. The Kier molecular flexibility index (Phi) is 6.21. The molecular formula is C19H26N4O2S. The number of ether oxygens (including phenoxy) is 1. The van der Waals surface area contributed by atoms with Gasteiger partial charge >= 0.3 is 5.97 Å². The zero-order chi connectivity index (χ0) is 18.5. The van der Waals surface area contributed by atoms with Crippen molar-refractivity contribution in [2.24, 2.45) is 5.92 Å². The second kappa shape index (κ2) is 8.60. The van der Waals surface area contributed by atoms with Gasteiger partial charge in [0, 0.05) is 6.54 Å². The third-order valence-corrected chi connectivity index (χ3v) is 5.34. The molecule has 0 bridgehead atoms. The van der Waals surface area contributed by atoms with Gasteiger partial charge in [0.2, 0.25) is 0 Å². The maximum Gasteiger partial charge on any atom is 0.310 e. The molecule has 0 unspecified atom stereocenters. The van der Waals surface area contributed by atoms with Crippen LogP contribution in [-0.4, -0.2) is 44.9 Å². The number of carbonyl (C=O) groups excluding carboxylic acids is 1. The molecule has 0 spiro atoms. The van der Waals surface area contributed by atoms with Crippen molar-refractivity contribution in [2.45, 2.75) is 39.4 Å². The summed E-state index contributed by atoms with van der Waals surface area (Å²) in [6, 6.07) is 10.4. The smallest absolute Gasteiger partial charge is 0.310 e. The van der Waals surface area contributed by atoms with Crippen molar-refractivity contribution in [1.82, 2.24) is 19.2 Å². The Labute approximate surface area is 159 Å². The van der Waals surface area contributed by atoms with E-state index >= 15 is 0 Å². The van der Waals surface area contributed by atoms with E-state index in [-0.39, 0.29) is 17.9 Å². The van der Waals surface area contributed by atoms with Crippen LogP contribution in [0.5, 0.6) is 0 Å². The Morgan fingerprint density at radius 2 is 2.15 bits per heavy atom. The second-order valence-electron chi connectivity index (χ2n) is 6.72. The quantitative estimate of drug-likeness (QED) is 0.574. The summed E-state index contributed by atoms with van der Waals surface area (Å²) in [5.74, 6) is -0.146. The van der Waals surface area contributed by atoms with E-state index in [2.05, 4.69) is 29.1 Å². The number of hydrogen-bond donors (Lipinski definition) is 0. The number of nitrogens with zero attached hydrogens (tertiary/aromatic N) is 4. The molecular weight excluding hydrogens is 348 g/mol. The first-order valence-corrected chi connectivity index (χ1v) is 9.59. The summed E-state index contributed by atoms with van der Waals surface area (Å²) in [5, 5.41) is 4.48. The molecule has 1 aromatic carbocycles. The van der Waals surface area contributed by atoms with Crippen molar-refractivity contribution in [3.05, 3.63) is 47.0 Å². The SMILES string of the molecule is CCOC(=O)[C@@H]1CCCN(Cn2ncn([C@@H](C)c3ccccc3)c2=S)C1. The minimum atomic E-state index is -0.0935. The van der Waals surface area contributed by atoms with E-state index in [9.17, 15) is 4.79 Å². The molecule has 0 radical (unpaired) electrons. The molecule has 2 aromatic rings. The standard InChI is InChI=1S/C19H26N4O2S/c1-3-25-18(24)17-10-7-11-21(12-17)14-23-19(26)22(13-20-23)15(2)16-8-5-4-6-9-16/h4-6,8-9,13,15,17H,3,7,10-12,14H2,1-2H3/t15-,17+/m0/s1. The number of rotatable bonds is 6. The van der Waals surface area contributed by atoms with Gasteiger partial charge in [0.1, 0.15) is 6.33 Å². The molecule has 1 aliphatic heterocycles. The van der Waals surface area contributed by atoms with E-state index < -0.39 is 0 Å². The molecule has 0 N–H and O–H groups in total. The normalized spacial score (nSPS) is 19.2. The molecule has 0 amide bonds. The molecule has 140 valence electrons. The molecule has 1 saturated heterocycles. The van der Waals surface area contributed by atoms with Crippen LogP contribution in [0.1, 0.15) is 38.3 Å². The Morgan fingerprint density at radius 1 is 1.38 bits per heavy atom. The number of hydrogen-bond acceptors (Lipinski definition) is 5. The number of benzene rings is 1. The van der Waals surface area contributed by atoms with E-state index in [1.54, 1.807) is 6.33 Å². The van der Waals surface area contributed by atoms with Crippen LogP contribution in [0.15, 0.2) is 36.7 Å². The van der Waals surface area contributed by atoms with Crippen molar-refractivity contribution in [2.75, 3.05) is 19.7 Å². The fraction of sp³-hybridized carbons (Fsp3) is 0.526. The maximum atomic E-state index is 12.0. The van der Waals surface area contributed by atoms with Gasteiger partial charge in [-0.15, -0.1) is 0 Å². The minimum Gasteiger partial charge on any atom is -0.466 e. The number of carbonyl (C=O) groups is 1. The predicted molar refractivity (Wildman–Crippen MR) is 102 cm³/mol. The number of aromatic nitrogens is 3. The molecule has 1 aromatic heterocycles. The molecule has 0 saturated carbocycles. The van der Waals surface area contributed by atoms with E-state index in [1.165, 1.54) is 5.56 Å². The van der Waals surface area contributed by atoms with Gasteiger partial charge in [0.05, 0.1) is 25.2 Å². The summed E-state index contributed by atoms with van der Waals surface area (Å²) in [5.41, 5.74) is 1.20. The highest BCUT2D eigenvalue weighted by molar-refractivity contribution is 7.71. The van der Waals surface area contributed by atoms with Gasteiger partial charge in [-0.25, -0.2) is 4.68 Å². The highest BCUT2D eigenvalue weighted by Crippen LogP contribution is 2.20. The van der Waals surface area contributed by atoms with Gasteiger partial charge in [0.15, 0.2) is 4.77 Å². The Bertz CT molecular complexity index is 786. The van der Waals surface area contributed by atoms with E-state index in [0.29, 0.717) is 24.6 Å². The largest absolute Gasteiger partial charge is 0.466 e. The van der Waals surface area contributed by atoms with Crippen molar-refractivity contribution in [3.8, 4) is 0 Å². The van der Waals surface area contributed by atoms with Gasteiger partial charge in [0.25, 0.3) is 0 Å². The summed E-state index contributed by atoms with van der Waals surface area (Å²) >= 11 is 5.64. The Morgan fingerprint density at radius 3 is 2.88 bits per heavy atom. The van der Waals surface area contributed by atoms with Crippen LogP contribution >= 0.6 is 12.2 Å². The molecule has 0 aliphatic carbocycles. The molecule has 1 fully saturated rings. The molecule has 2 heterocycles. The van der Waals surface area contributed by atoms with Crippen molar-refractivity contribution < 1.29 is 9.53 Å². The predicted octanol–water partition coefficient (Wildman–Crippen LogP) is 3.26. The first-order chi connectivity index (χ1) is 12.6. The molecule has 7 heteroatoms. The molecule has 3 rings (SSSR count). The minimum absolute atomic E-state index is 0.0526. The van der Waals surface area contributed by atoms with Crippen LogP contribution in [0, 0.1) is 10.7 Å². The first kappa shape index (κ1) is 18.8. The molecule has 26 heavy (non-hydrogen) atoms. The summed E-state index contributed by atoms with van der Waals surface area (Å²) in [7, 11) is 0. The van der Waals surface area contributed by atoms with E-state index in [1.807, 2.05) is 34.4 Å². The third kappa shape index (κ3) is 4.22. The highest BCUT2D eigenvalue weighted by atomic mass is 32.1. The third-order valence-electron chi connectivity index (χ3n) is 4.92.